The second-order valence-corrected chi connectivity index (χ2v) is 4.68. The molecule has 0 fully saturated rings. The van der Waals surface area contributed by atoms with E-state index in [9.17, 15) is 13.2 Å². The van der Waals surface area contributed by atoms with Gasteiger partial charge in [-0.1, -0.05) is 61.5 Å². The van der Waals surface area contributed by atoms with Gasteiger partial charge in [-0.3, -0.25) is 0 Å². The van der Waals surface area contributed by atoms with Crippen LogP contribution in [0.1, 0.15) is 29.5 Å². The highest BCUT2D eigenvalue weighted by atomic mass is 19.4. The van der Waals surface area contributed by atoms with Gasteiger partial charge in [-0.2, -0.15) is 13.2 Å². The third kappa shape index (κ3) is 3.73. The smallest absolute Gasteiger partial charge is 0.166 e. The van der Waals surface area contributed by atoms with Crippen LogP contribution in [0, 0.1) is 0 Å². The summed E-state index contributed by atoms with van der Waals surface area (Å²) < 4.78 is 37.4. The summed E-state index contributed by atoms with van der Waals surface area (Å²) in [6.07, 6.45) is -0.318. The van der Waals surface area contributed by atoms with Gasteiger partial charge in [-0.15, -0.1) is 0 Å². The highest BCUT2D eigenvalue weighted by Crippen LogP contribution is 2.30. The molecule has 0 aliphatic carbocycles. The second-order valence-electron chi connectivity index (χ2n) is 4.68. The molecular formula is C17H15F3. The number of benzene rings is 2. The van der Waals surface area contributed by atoms with Crippen molar-refractivity contribution in [2.45, 2.75) is 19.0 Å². The number of hydrogen-bond acceptors (Lipinski definition) is 0. The quantitative estimate of drug-likeness (QED) is 0.692. The Balaban J connectivity index is 2.10. The number of hydrogen-bond donors (Lipinski definition) is 0. The molecule has 20 heavy (non-hydrogen) atoms. The van der Waals surface area contributed by atoms with Gasteiger partial charge in [0.05, 0.1) is 5.56 Å². The first-order chi connectivity index (χ1) is 9.47. The van der Waals surface area contributed by atoms with Gasteiger partial charge in [0.2, 0.25) is 0 Å². The molecule has 104 valence electrons. The third-order valence-corrected chi connectivity index (χ3v) is 3.14. The Morgan fingerprint density at radius 2 is 1.50 bits per heavy atom. The molecule has 0 bridgehead atoms. The largest absolute Gasteiger partial charge is 0.416 e. The summed E-state index contributed by atoms with van der Waals surface area (Å²) in [6.45, 7) is 1.96. The van der Waals surface area contributed by atoms with Crippen molar-refractivity contribution in [1.82, 2.24) is 0 Å². The molecule has 0 aliphatic rings. The maximum atomic E-state index is 12.5. The molecule has 2 aromatic carbocycles. The molecular weight excluding hydrogens is 261 g/mol. The summed E-state index contributed by atoms with van der Waals surface area (Å²) in [7, 11) is 0. The van der Waals surface area contributed by atoms with Crippen molar-refractivity contribution in [3.63, 3.8) is 0 Å². The molecule has 0 unspecified atom stereocenters. The van der Waals surface area contributed by atoms with E-state index in [0.717, 1.165) is 23.3 Å². The molecule has 1 atom stereocenters. The first kappa shape index (κ1) is 14.4. The fourth-order valence-electron chi connectivity index (χ4n) is 1.91. The van der Waals surface area contributed by atoms with Crippen LogP contribution in [0.2, 0.25) is 0 Å². The first-order valence-corrected chi connectivity index (χ1v) is 6.37. The van der Waals surface area contributed by atoms with E-state index in [0.29, 0.717) is 0 Å². The molecule has 0 aliphatic heterocycles. The molecule has 0 radical (unpaired) electrons. The Labute approximate surface area is 116 Å². The Kier molecular flexibility index (Phi) is 4.28. The van der Waals surface area contributed by atoms with Gasteiger partial charge in [0.15, 0.2) is 0 Å². The zero-order chi connectivity index (χ0) is 14.6. The van der Waals surface area contributed by atoms with E-state index in [2.05, 4.69) is 0 Å². The van der Waals surface area contributed by atoms with Gasteiger partial charge in [-0.05, 0) is 29.2 Å². The summed E-state index contributed by atoms with van der Waals surface area (Å²) in [4.78, 5) is 0. The van der Waals surface area contributed by atoms with E-state index >= 15 is 0 Å². The zero-order valence-corrected chi connectivity index (χ0v) is 11.1. The van der Waals surface area contributed by atoms with Crippen LogP contribution < -0.4 is 0 Å². The van der Waals surface area contributed by atoms with Crippen LogP contribution in [0.3, 0.4) is 0 Å². The van der Waals surface area contributed by atoms with E-state index in [1.165, 1.54) is 12.1 Å². The van der Waals surface area contributed by atoms with E-state index in [1.54, 1.807) is 0 Å². The summed E-state index contributed by atoms with van der Waals surface area (Å²) >= 11 is 0. The van der Waals surface area contributed by atoms with Crippen molar-refractivity contribution in [1.29, 1.82) is 0 Å². The lowest BCUT2D eigenvalue weighted by Crippen LogP contribution is -2.04. The average molecular weight is 276 g/mol. The average Bonchev–Trinajstić information content (AvgIpc) is 2.45. The minimum absolute atomic E-state index is 0.0671. The molecule has 2 aromatic rings. The van der Waals surface area contributed by atoms with Crippen LogP contribution in [0.25, 0.3) is 6.08 Å². The molecule has 2 rings (SSSR count). The molecule has 3 heteroatoms. The summed E-state index contributed by atoms with van der Waals surface area (Å²) in [5.41, 5.74) is 1.33. The highest BCUT2D eigenvalue weighted by Gasteiger charge is 2.29. The van der Waals surface area contributed by atoms with Crippen molar-refractivity contribution in [2.24, 2.45) is 0 Å². The number of alkyl halides is 3. The molecule has 0 N–H and O–H groups in total. The lowest BCUT2D eigenvalue weighted by atomic mass is 9.98. The SMILES string of the molecule is C[C@H](/C=C/c1ccccc1)c1ccc(C(F)(F)F)cc1. The maximum Gasteiger partial charge on any atom is 0.416 e. The molecule has 0 amide bonds. The third-order valence-electron chi connectivity index (χ3n) is 3.14. The van der Waals surface area contributed by atoms with Crippen molar-refractivity contribution >= 4 is 6.08 Å². The van der Waals surface area contributed by atoms with Gasteiger partial charge in [-0.25, -0.2) is 0 Å². The van der Waals surface area contributed by atoms with Gasteiger partial charge >= 0.3 is 6.18 Å². The maximum absolute atomic E-state index is 12.5. The number of halogens is 3. The molecule has 0 saturated heterocycles. The first-order valence-electron chi connectivity index (χ1n) is 6.37. The highest BCUT2D eigenvalue weighted by molar-refractivity contribution is 5.50. The summed E-state index contributed by atoms with van der Waals surface area (Å²) in [5.74, 6) is 0.0671. The van der Waals surface area contributed by atoms with Crippen LogP contribution in [0.15, 0.2) is 60.7 Å². The Bertz CT molecular complexity index is 565. The zero-order valence-electron chi connectivity index (χ0n) is 11.1. The topological polar surface area (TPSA) is 0 Å². The molecule has 0 spiro atoms. The van der Waals surface area contributed by atoms with Crippen molar-refractivity contribution < 1.29 is 13.2 Å². The van der Waals surface area contributed by atoms with Crippen LogP contribution in [-0.2, 0) is 6.18 Å². The lowest BCUT2D eigenvalue weighted by molar-refractivity contribution is -0.137. The van der Waals surface area contributed by atoms with Crippen molar-refractivity contribution in [3.8, 4) is 0 Å². The predicted octanol–water partition coefficient (Wildman–Crippen LogP) is 5.52. The lowest BCUT2D eigenvalue weighted by Gasteiger charge is -2.10. The second kappa shape index (κ2) is 5.95. The Hall–Kier alpha value is -2.03. The van der Waals surface area contributed by atoms with E-state index in [4.69, 9.17) is 0 Å². The van der Waals surface area contributed by atoms with Gasteiger partial charge in [0.25, 0.3) is 0 Å². The Morgan fingerprint density at radius 3 is 2.05 bits per heavy atom. The minimum atomic E-state index is -4.28. The van der Waals surface area contributed by atoms with E-state index in [1.807, 2.05) is 49.4 Å². The normalized spacial score (nSPS) is 13.6. The molecule has 0 saturated carbocycles. The van der Waals surface area contributed by atoms with Crippen molar-refractivity contribution in [2.75, 3.05) is 0 Å². The van der Waals surface area contributed by atoms with Crippen LogP contribution in [-0.4, -0.2) is 0 Å². The van der Waals surface area contributed by atoms with Gasteiger partial charge in [0, 0.05) is 0 Å². The van der Waals surface area contributed by atoms with E-state index in [-0.39, 0.29) is 5.92 Å². The Morgan fingerprint density at radius 1 is 0.900 bits per heavy atom. The van der Waals surface area contributed by atoms with Crippen LogP contribution >= 0.6 is 0 Å². The number of allylic oxidation sites excluding steroid dienone is 1. The van der Waals surface area contributed by atoms with Gasteiger partial charge < -0.3 is 0 Å². The monoisotopic (exact) mass is 276 g/mol. The van der Waals surface area contributed by atoms with E-state index < -0.39 is 11.7 Å². The minimum Gasteiger partial charge on any atom is -0.166 e. The number of rotatable bonds is 3. The van der Waals surface area contributed by atoms with Gasteiger partial charge in [0.1, 0.15) is 0 Å². The fourth-order valence-corrected chi connectivity index (χ4v) is 1.91. The molecule has 0 heterocycles. The predicted molar refractivity (Wildman–Crippen MR) is 75.3 cm³/mol. The molecule has 0 aromatic heterocycles. The standard InChI is InChI=1S/C17H15F3/c1-13(7-8-14-5-3-2-4-6-14)15-9-11-16(12-10-15)17(18,19)20/h2-13H,1H3/b8-7+/t13-/m1/s1. The van der Waals surface area contributed by atoms with Crippen molar-refractivity contribution in [3.05, 3.63) is 77.4 Å². The summed E-state index contributed by atoms with van der Waals surface area (Å²) in [5, 5.41) is 0. The van der Waals surface area contributed by atoms with Crippen LogP contribution in [0.4, 0.5) is 13.2 Å². The molecule has 0 nitrogen and oxygen atoms in total. The summed E-state index contributed by atoms with van der Waals surface area (Å²) in [6, 6.07) is 15.1. The van der Waals surface area contributed by atoms with Crippen LogP contribution in [0.5, 0.6) is 0 Å². The fraction of sp³-hybridized carbons (Fsp3) is 0.176.